The molecule has 0 amide bonds. The van der Waals surface area contributed by atoms with Crippen molar-refractivity contribution in [1.29, 1.82) is 0 Å². The highest BCUT2D eigenvalue weighted by atomic mass is 16.5. The third-order valence-corrected chi connectivity index (χ3v) is 4.54. The first-order chi connectivity index (χ1) is 13.3. The summed E-state index contributed by atoms with van der Waals surface area (Å²) in [5.41, 5.74) is 1.23. The van der Waals surface area contributed by atoms with E-state index in [1.165, 1.54) is 0 Å². The van der Waals surface area contributed by atoms with Gasteiger partial charge in [-0.15, -0.1) is 0 Å². The average molecular weight is 363 g/mol. The number of hydrogen-bond acceptors (Lipinski definition) is 6. The first kappa shape index (κ1) is 17.4. The van der Waals surface area contributed by atoms with Gasteiger partial charge in [-0.25, -0.2) is 19.4 Å². The molecule has 0 saturated carbocycles. The minimum Gasteiger partial charge on any atom is -0.456 e. The lowest BCUT2D eigenvalue weighted by Gasteiger charge is -2.31. The van der Waals surface area contributed by atoms with E-state index in [4.69, 9.17) is 4.74 Å². The van der Waals surface area contributed by atoms with Crippen molar-refractivity contribution in [3.63, 3.8) is 0 Å². The Morgan fingerprint density at radius 3 is 2.74 bits per heavy atom. The minimum atomic E-state index is -0.382. The number of para-hydroxylation sites is 1. The zero-order chi connectivity index (χ0) is 18.5. The summed E-state index contributed by atoms with van der Waals surface area (Å²) in [5.74, 6) is 0.401. The largest absolute Gasteiger partial charge is 0.456 e. The van der Waals surface area contributed by atoms with Crippen molar-refractivity contribution in [2.24, 2.45) is 0 Å². The Morgan fingerprint density at radius 2 is 1.93 bits per heavy atom. The molecule has 3 aromatic rings. The van der Waals surface area contributed by atoms with Gasteiger partial charge < -0.3 is 4.74 Å². The predicted molar refractivity (Wildman–Crippen MR) is 99.3 cm³/mol. The predicted octanol–water partition coefficient (Wildman–Crippen LogP) is 2.48. The van der Waals surface area contributed by atoms with Gasteiger partial charge in [-0.1, -0.05) is 18.2 Å². The van der Waals surface area contributed by atoms with E-state index in [0.29, 0.717) is 18.8 Å². The van der Waals surface area contributed by atoms with Crippen LogP contribution in [0, 0.1) is 0 Å². The second-order valence-electron chi connectivity index (χ2n) is 6.55. The van der Waals surface area contributed by atoms with Crippen LogP contribution in [0.15, 0.2) is 61.1 Å². The summed E-state index contributed by atoms with van der Waals surface area (Å²) in [7, 11) is 0. The monoisotopic (exact) mass is 363 g/mol. The molecule has 7 heteroatoms. The summed E-state index contributed by atoms with van der Waals surface area (Å²) in [6, 6.07) is 13.2. The summed E-state index contributed by atoms with van der Waals surface area (Å²) < 4.78 is 7.37. The summed E-state index contributed by atoms with van der Waals surface area (Å²) in [6.45, 7) is 2.30. The molecule has 7 nitrogen and oxygen atoms in total. The van der Waals surface area contributed by atoms with Crippen molar-refractivity contribution < 1.29 is 9.53 Å². The first-order valence-electron chi connectivity index (χ1n) is 9.08. The van der Waals surface area contributed by atoms with Gasteiger partial charge in [-0.3, -0.25) is 4.90 Å². The number of carbonyl (C=O) groups is 1. The van der Waals surface area contributed by atoms with Gasteiger partial charge in [-0.05, 0) is 43.7 Å². The topological polar surface area (TPSA) is 73.1 Å². The third kappa shape index (κ3) is 4.38. The molecule has 0 spiro atoms. The van der Waals surface area contributed by atoms with E-state index in [0.717, 1.165) is 30.9 Å². The summed E-state index contributed by atoms with van der Waals surface area (Å²) >= 11 is 0. The van der Waals surface area contributed by atoms with Gasteiger partial charge in [0.25, 0.3) is 0 Å². The highest BCUT2D eigenvalue weighted by Crippen LogP contribution is 2.16. The Kier molecular flexibility index (Phi) is 5.20. The van der Waals surface area contributed by atoms with Crippen LogP contribution >= 0.6 is 0 Å². The highest BCUT2D eigenvalue weighted by Gasteiger charge is 2.25. The fraction of sp³-hybridized carbons (Fsp3) is 0.300. The normalized spacial score (nSPS) is 17.6. The van der Waals surface area contributed by atoms with E-state index in [-0.39, 0.29) is 12.1 Å². The number of aromatic nitrogens is 4. The maximum atomic E-state index is 12.5. The molecule has 1 unspecified atom stereocenters. The smallest absolute Gasteiger partial charge is 0.359 e. The molecule has 3 heterocycles. The third-order valence-electron chi connectivity index (χ3n) is 4.54. The molecule has 1 aromatic carbocycles. The second kappa shape index (κ2) is 8.09. The molecule has 0 aliphatic carbocycles. The lowest BCUT2D eigenvalue weighted by molar-refractivity contribution is 0.00462. The summed E-state index contributed by atoms with van der Waals surface area (Å²) in [6.07, 6.45) is 6.95. The van der Waals surface area contributed by atoms with Crippen LogP contribution in [0.5, 0.6) is 0 Å². The van der Waals surface area contributed by atoms with E-state index in [1.807, 2.05) is 30.3 Å². The van der Waals surface area contributed by atoms with Crippen molar-refractivity contribution in [1.82, 2.24) is 24.6 Å². The van der Waals surface area contributed by atoms with Gasteiger partial charge in [0.05, 0.1) is 12.2 Å². The average Bonchev–Trinajstić information content (AvgIpc) is 3.20. The highest BCUT2D eigenvalue weighted by molar-refractivity contribution is 5.87. The van der Waals surface area contributed by atoms with E-state index in [2.05, 4.69) is 20.0 Å². The van der Waals surface area contributed by atoms with Crippen molar-refractivity contribution in [2.45, 2.75) is 25.5 Å². The van der Waals surface area contributed by atoms with Crippen LogP contribution in [0.4, 0.5) is 0 Å². The fourth-order valence-electron chi connectivity index (χ4n) is 3.23. The molecule has 1 atom stereocenters. The Labute approximate surface area is 157 Å². The molecule has 0 N–H and O–H groups in total. The van der Waals surface area contributed by atoms with Crippen molar-refractivity contribution >= 4 is 5.97 Å². The van der Waals surface area contributed by atoms with E-state index >= 15 is 0 Å². The molecular formula is C20H21N5O2. The lowest BCUT2D eigenvalue weighted by atomic mass is 10.1. The fourth-order valence-corrected chi connectivity index (χ4v) is 3.23. The van der Waals surface area contributed by atoms with E-state index in [9.17, 15) is 4.79 Å². The van der Waals surface area contributed by atoms with Crippen LogP contribution in [0.1, 0.15) is 29.2 Å². The molecule has 1 saturated heterocycles. The molecular weight excluding hydrogens is 342 g/mol. The number of likely N-dealkylation sites (tertiary alicyclic amines) is 1. The van der Waals surface area contributed by atoms with Gasteiger partial charge in [0.1, 0.15) is 11.9 Å². The minimum absolute atomic E-state index is 0.142. The van der Waals surface area contributed by atoms with Gasteiger partial charge in [0.15, 0.2) is 5.69 Å². The number of esters is 1. The van der Waals surface area contributed by atoms with Crippen LogP contribution in [0.2, 0.25) is 0 Å². The number of rotatable bonds is 5. The molecule has 0 bridgehead atoms. The summed E-state index contributed by atoms with van der Waals surface area (Å²) in [5, 5.41) is 4.34. The molecule has 138 valence electrons. The Bertz CT molecular complexity index is 882. The SMILES string of the molecule is O=C(OC1CCCN(Cc2ncccn2)C1)c1ccn(-c2ccccc2)n1. The van der Waals surface area contributed by atoms with Crippen LogP contribution in [0.25, 0.3) is 5.69 Å². The van der Waals surface area contributed by atoms with Gasteiger partial charge in [0.2, 0.25) is 0 Å². The maximum absolute atomic E-state index is 12.5. The Hall–Kier alpha value is -3.06. The van der Waals surface area contributed by atoms with Gasteiger partial charge in [0, 0.05) is 25.1 Å². The zero-order valence-corrected chi connectivity index (χ0v) is 14.9. The van der Waals surface area contributed by atoms with Gasteiger partial charge in [-0.2, -0.15) is 5.10 Å². The molecule has 0 radical (unpaired) electrons. The number of hydrogen-bond donors (Lipinski definition) is 0. The van der Waals surface area contributed by atoms with E-state index < -0.39 is 0 Å². The molecule has 4 rings (SSSR count). The number of piperidine rings is 1. The van der Waals surface area contributed by atoms with Crippen LogP contribution in [0.3, 0.4) is 0 Å². The second-order valence-corrected chi connectivity index (χ2v) is 6.55. The Balaban J connectivity index is 1.36. The number of benzene rings is 1. The van der Waals surface area contributed by atoms with Gasteiger partial charge >= 0.3 is 5.97 Å². The molecule has 2 aromatic heterocycles. The van der Waals surface area contributed by atoms with E-state index in [1.54, 1.807) is 35.4 Å². The first-order valence-corrected chi connectivity index (χ1v) is 9.08. The number of nitrogens with zero attached hydrogens (tertiary/aromatic N) is 5. The molecule has 1 aliphatic heterocycles. The lowest BCUT2D eigenvalue weighted by Crippen LogP contribution is -2.40. The van der Waals surface area contributed by atoms with Crippen LogP contribution in [-0.4, -0.2) is 49.8 Å². The zero-order valence-electron chi connectivity index (χ0n) is 14.9. The van der Waals surface area contributed by atoms with Crippen molar-refractivity contribution in [2.75, 3.05) is 13.1 Å². The van der Waals surface area contributed by atoms with Crippen molar-refractivity contribution in [3.05, 3.63) is 72.6 Å². The quantitative estimate of drug-likeness (QED) is 0.649. The standard InChI is InChI=1S/C20H21N5O2/c26-20(18-9-13-25(23-18)16-6-2-1-3-7-16)27-17-8-4-12-24(14-17)15-19-21-10-5-11-22-19/h1-3,5-7,9-11,13,17H,4,8,12,14-15H2. The maximum Gasteiger partial charge on any atom is 0.359 e. The number of carbonyl (C=O) groups excluding carboxylic acids is 1. The van der Waals surface area contributed by atoms with Crippen LogP contribution in [-0.2, 0) is 11.3 Å². The molecule has 27 heavy (non-hydrogen) atoms. The number of ether oxygens (including phenoxy) is 1. The van der Waals surface area contributed by atoms with Crippen LogP contribution < -0.4 is 0 Å². The summed E-state index contributed by atoms with van der Waals surface area (Å²) in [4.78, 5) is 23.2. The molecule has 1 fully saturated rings. The van der Waals surface area contributed by atoms with Crippen molar-refractivity contribution in [3.8, 4) is 5.69 Å². The Morgan fingerprint density at radius 1 is 1.11 bits per heavy atom. The molecule has 1 aliphatic rings.